The van der Waals surface area contributed by atoms with Crippen molar-refractivity contribution in [1.82, 2.24) is 14.7 Å². The summed E-state index contributed by atoms with van der Waals surface area (Å²) in [4.78, 5) is 24.1. The molecule has 2 unspecified atom stereocenters. The van der Waals surface area contributed by atoms with E-state index in [2.05, 4.69) is 5.10 Å². The van der Waals surface area contributed by atoms with Crippen LogP contribution >= 0.6 is 0 Å². The molecule has 0 aromatic carbocycles. The number of amides is 1. The summed E-state index contributed by atoms with van der Waals surface area (Å²) in [7, 11) is 1.60. The molecule has 6 nitrogen and oxygen atoms in total. The van der Waals surface area contributed by atoms with Crippen molar-refractivity contribution in [3.8, 4) is 0 Å². The summed E-state index contributed by atoms with van der Waals surface area (Å²) in [6.45, 7) is 3.50. The summed E-state index contributed by atoms with van der Waals surface area (Å²) in [6.07, 6.45) is 3.31. The van der Waals surface area contributed by atoms with Crippen molar-refractivity contribution >= 4 is 11.9 Å². The fourth-order valence-electron chi connectivity index (χ4n) is 1.52. The van der Waals surface area contributed by atoms with Crippen molar-refractivity contribution in [2.75, 3.05) is 13.6 Å². The smallest absolute Gasteiger partial charge is 0.308 e. The zero-order valence-electron chi connectivity index (χ0n) is 10.2. The van der Waals surface area contributed by atoms with Gasteiger partial charge in [0.2, 0.25) is 5.91 Å². The topological polar surface area (TPSA) is 75.4 Å². The van der Waals surface area contributed by atoms with Gasteiger partial charge in [-0.3, -0.25) is 14.3 Å². The van der Waals surface area contributed by atoms with Crippen molar-refractivity contribution in [3.63, 3.8) is 0 Å². The zero-order chi connectivity index (χ0) is 13.0. The summed E-state index contributed by atoms with van der Waals surface area (Å²) in [6, 6.07) is 1.32. The Morgan fingerprint density at radius 2 is 2.12 bits per heavy atom. The molecule has 2 atom stereocenters. The molecule has 1 heterocycles. The van der Waals surface area contributed by atoms with Gasteiger partial charge in [0.05, 0.1) is 5.92 Å². The average molecular weight is 239 g/mol. The maximum atomic E-state index is 12.0. The third-order valence-corrected chi connectivity index (χ3v) is 2.62. The molecule has 1 amide bonds. The number of carboxylic acid groups (broad SMARTS) is 1. The number of likely N-dealkylation sites (N-methyl/N-ethyl adjacent to an activating group) is 1. The third kappa shape index (κ3) is 3.30. The molecule has 0 radical (unpaired) electrons. The van der Waals surface area contributed by atoms with Gasteiger partial charge in [-0.2, -0.15) is 5.10 Å². The Balaban J connectivity index is 2.61. The van der Waals surface area contributed by atoms with Crippen LogP contribution in [0.5, 0.6) is 0 Å². The summed E-state index contributed by atoms with van der Waals surface area (Å²) >= 11 is 0. The molecule has 1 aromatic rings. The molecule has 0 aliphatic rings. The van der Waals surface area contributed by atoms with Crippen LogP contribution in [0, 0.1) is 5.92 Å². The first-order valence-corrected chi connectivity index (χ1v) is 5.40. The first-order valence-electron chi connectivity index (χ1n) is 5.40. The van der Waals surface area contributed by atoms with Gasteiger partial charge in [-0.25, -0.2) is 0 Å². The second-order valence-corrected chi connectivity index (χ2v) is 4.12. The van der Waals surface area contributed by atoms with Crippen LogP contribution in [-0.4, -0.2) is 45.3 Å². The highest BCUT2D eigenvalue weighted by molar-refractivity contribution is 5.80. The van der Waals surface area contributed by atoms with Crippen LogP contribution in [0.25, 0.3) is 0 Å². The Morgan fingerprint density at radius 3 is 2.59 bits per heavy atom. The van der Waals surface area contributed by atoms with Crippen molar-refractivity contribution in [3.05, 3.63) is 18.5 Å². The number of aromatic nitrogens is 2. The van der Waals surface area contributed by atoms with E-state index in [1.165, 1.54) is 4.90 Å². The minimum absolute atomic E-state index is 0.151. The molecule has 1 rings (SSSR count). The molecule has 0 fully saturated rings. The molecule has 0 aliphatic heterocycles. The van der Waals surface area contributed by atoms with E-state index in [-0.39, 0.29) is 12.5 Å². The van der Waals surface area contributed by atoms with E-state index < -0.39 is 17.9 Å². The molecule has 0 saturated heterocycles. The van der Waals surface area contributed by atoms with Gasteiger partial charge in [0, 0.05) is 26.0 Å². The number of rotatable bonds is 5. The van der Waals surface area contributed by atoms with Crippen LogP contribution in [0.2, 0.25) is 0 Å². The van der Waals surface area contributed by atoms with Crippen molar-refractivity contribution in [2.45, 2.75) is 19.9 Å². The van der Waals surface area contributed by atoms with Crippen LogP contribution < -0.4 is 0 Å². The Hall–Kier alpha value is -1.85. The van der Waals surface area contributed by atoms with Crippen LogP contribution in [0.1, 0.15) is 19.9 Å². The van der Waals surface area contributed by atoms with Crippen molar-refractivity contribution in [2.24, 2.45) is 5.92 Å². The summed E-state index contributed by atoms with van der Waals surface area (Å²) in [5.41, 5.74) is 0. The average Bonchev–Trinajstić information content (AvgIpc) is 2.80. The van der Waals surface area contributed by atoms with Crippen LogP contribution in [-0.2, 0) is 9.59 Å². The minimum Gasteiger partial charge on any atom is -0.481 e. The highest BCUT2D eigenvalue weighted by Gasteiger charge is 2.22. The lowest BCUT2D eigenvalue weighted by molar-refractivity contribution is -0.143. The Morgan fingerprint density at radius 1 is 1.47 bits per heavy atom. The largest absolute Gasteiger partial charge is 0.481 e. The minimum atomic E-state index is -0.906. The number of carbonyl (C=O) groups is 2. The molecule has 6 heteroatoms. The van der Waals surface area contributed by atoms with Crippen LogP contribution in [0.15, 0.2) is 18.5 Å². The molecule has 17 heavy (non-hydrogen) atoms. The number of carbonyl (C=O) groups excluding carboxylic acids is 1. The van der Waals surface area contributed by atoms with Gasteiger partial charge in [-0.1, -0.05) is 6.92 Å². The van der Waals surface area contributed by atoms with E-state index in [0.29, 0.717) is 0 Å². The molecule has 1 N–H and O–H groups in total. The van der Waals surface area contributed by atoms with Gasteiger partial charge in [0.25, 0.3) is 0 Å². The van der Waals surface area contributed by atoms with Crippen molar-refractivity contribution < 1.29 is 14.7 Å². The molecular weight excluding hydrogens is 222 g/mol. The molecule has 0 bridgehead atoms. The number of aliphatic carboxylic acids is 1. The lowest BCUT2D eigenvalue weighted by atomic mass is 10.1. The Labute approximate surface area is 99.8 Å². The van der Waals surface area contributed by atoms with Gasteiger partial charge in [0.1, 0.15) is 6.04 Å². The molecule has 1 aromatic heterocycles. The van der Waals surface area contributed by atoms with Gasteiger partial charge in [0.15, 0.2) is 0 Å². The second kappa shape index (κ2) is 5.47. The maximum absolute atomic E-state index is 12.0. The van der Waals surface area contributed by atoms with Gasteiger partial charge >= 0.3 is 5.97 Å². The van der Waals surface area contributed by atoms with E-state index in [1.54, 1.807) is 44.0 Å². The third-order valence-electron chi connectivity index (χ3n) is 2.62. The summed E-state index contributed by atoms with van der Waals surface area (Å²) < 4.78 is 1.55. The Bertz CT molecular complexity index is 389. The number of hydrogen-bond donors (Lipinski definition) is 1. The quantitative estimate of drug-likeness (QED) is 0.817. The fraction of sp³-hybridized carbons (Fsp3) is 0.545. The number of hydrogen-bond acceptors (Lipinski definition) is 3. The van der Waals surface area contributed by atoms with Gasteiger partial charge in [-0.15, -0.1) is 0 Å². The van der Waals surface area contributed by atoms with E-state index >= 15 is 0 Å². The first kappa shape index (κ1) is 13.2. The number of carboxylic acids is 1. The molecule has 0 saturated carbocycles. The predicted molar refractivity (Wildman–Crippen MR) is 61.4 cm³/mol. The second-order valence-electron chi connectivity index (χ2n) is 4.12. The lowest BCUT2D eigenvalue weighted by Gasteiger charge is -2.23. The van der Waals surface area contributed by atoms with Gasteiger partial charge < -0.3 is 10.0 Å². The fourth-order valence-corrected chi connectivity index (χ4v) is 1.52. The molecule has 0 spiro atoms. The lowest BCUT2D eigenvalue weighted by Crippen LogP contribution is -2.37. The van der Waals surface area contributed by atoms with E-state index in [4.69, 9.17) is 5.11 Å². The van der Waals surface area contributed by atoms with E-state index in [0.717, 1.165) is 0 Å². The normalized spacial score (nSPS) is 14.1. The highest BCUT2D eigenvalue weighted by atomic mass is 16.4. The Kier molecular flexibility index (Phi) is 4.25. The van der Waals surface area contributed by atoms with Crippen molar-refractivity contribution in [1.29, 1.82) is 0 Å². The van der Waals surface area contributed by atoms with E-state index in [1.807, 2.05) is 0 Å². The highest BCUT2D eigenvalue weighted by Crippen LogP contribution is 2.09. The summed E-state index contributed by atoms with van der Waals surface area (Å²) in [5.74, 6) is -1.63. The molecule has 94 valence electrons. The van der Waals surface area contributed by atoms with Crippen LogP contribution in [0.4, 0.5) is 0 Å². The van der Waals surface area contributed by atoms with E-state index in [9.17, 15) is 9.59 Å². The standard InChI is InChI=1S/C11H17N3O3/c1-8(11(16)17)7-13(3)10(15)9(2)14-6-4-5-12-14/h4-6,8-9H,7H2,1-3H3,(H,16,17). The summed E-state index contributed by atoms with van der Waals surface area (Å²) in [5, 5.41) is 12.8. The molecule has 0 aliphatic carbocycles. The monoisotopic (exact) mass is 239 g/mol. The maximum Gasteiger partial charge on any atom is 0.308 e. The first-order chi connectivity index (χ1) is 7.93. The van der Waals surface area contributed by atoms with Gasteiger partial charge in [-0.05, 0) is 13.0 Å². The molecular formula is C11H17N3O3. The van der Waals surface area contributed by atoms with Crippen LogP contribution in [0.3, 0.4) is 0 Å². The SMILES string of the molecule is CC(CN(C)C(=O)C(C)n1cccn1)C(=O)O. The zero-order valence-corrected chi connectivity index (χ0v) is 10.2. The predicted octanol–water partition coefficient (Wildman–Crippen LogP) is 0.623. The number of nitrogens with zero attached hydrogens (tertiary/aromatic N) is 3.